The van der Waals surface area contributed by atoms with Crippen LogP contribution in [0.5, 0.6) is 0 Å². The summed E-state index contributed by atoms with van der Waals surface area (Å²) in [6.45, 7) is 2.73. The zero-order valence-corrected chi connectivity index (χ0v) is 13.9. The zero-order valence-electron chi connectivity index (χ0n) is 13.9. The maximum Gasteiger partial charge on any atom is 0.302 e. The van der Waals surface area contributed by atoms with Crippen molar-refractivity contribution in [3.05, 3.63) is 0 Å². The van der Waals surface area contributed by atoms with Crippen molar-refractivity contribution in [3.63, 3.8) is 0 Å². The zero-order chi connectivity index (χ0) is 17.0. The molecular formula is C17H28O6. The fraction of sp³-hybridized carbons (Fsp3) is 0.882. The van der Waals surface area contributed by atoms with E-state index in [4.69, 9.17) is 9.47 Å². The molecule has 6 heteroatoms. The van der Waals surface area contributed by atoms with E-state index in [1.54, 1.807) is 0 Å². The van der Waals surface area contributed by atoms with Crippen molar-refractivity contribution in [1.29, 1.82) is 0 Å². The number of hydrogen-bond acceptors (Lipinski definition) is 6. The van der Waals surface area contributed by atoms with Crippen molar-refractivity contribution in [2.45, 2.75) is 83.2 Å². The molecule has 0 spiro atoms. The molecule has 0 saturated heterocycles. The molecule has 0 aromatic heterocycles. The minimum atomic E-state index is -0.597. The van der Waals surface area contributed by atoms with Crippen molar-refractivity contribution < 1.29 is 29.3 Å². The summed E-state index contributed by atoms with van der Waals surface area (Å²) in [5.41, 5.74) is 0. The van der Waals surface area contributed by atoms with E-state index in [1.807, 2.05) is 0 Å². The summed E-state index contributed by atoms with van der Waals surface area (Å²) in [6.07, 6.45) is 3.50. The summed E-state index contributed by atoms with van der Waals surface area (Å²) in [5.74, 6) is 0.0809. The van der Waals surface area contributed by atoms with Gasteiger partial charge in [0.15, 0.2) is 0 Å². The minimum absolute atomic E-state index is 0.348. The number of hydrogen-bond donors (Lipinski definition) is 2. The Labute approximate surface area is 137 Å². The molecule has 2 aliphatic rings. The Morgan fingerprint density at radius 2 is 1.22 bits per heavy atom. The summed E-state index contributed by atoms with van der Waals surface area (Å²) >= 11 is 0. The van der Waals surface area contributed by atoms with Gasteiger partial charge in [0.2, 0.25) is 0 Å². The van der Waals surface area contributed by atoms with Crippen LogP contribution in [0, 0.1) is 11.8 Å². The van der Waals surface area contributed by atoms with E-state index in [2.05, 4.69) is 0 Å². The third kappa shape index (κ3) is 5.46. The number of aliphatic hydroxyl groups excluding tert-OH is 2. The summed E-state index contributed by atoms with van der Waals surface area (Å²) < 4.78 is 10.3. The van der Waals surface area contributed by atoms with Crippen LogP contribution in [0.3, 0.4) is 0 Å². The van der Waals surface area contributed by atoms with Gasteiger partial charge in [-0.15, -0.1) is 0 Å². The normalized spacial score (nSPS) is 37.9. The lowest BCUT2D eigenvalue weighted by atomic mass is 9.75. The molecule has 0 radical (unpaired) electrons. The Bertz CT molecular complexity index is 385. The topological polar surface area (TPSA) is 93.1 Å². The molecule has 0 aliphatic heterocycles. The fourth-order valence-corrected chi connectivity index (χ4v) is 4.01. The SMILES string of the molecule is CC(=O)OC1CCC(CC2CCC(OC(C)=O)C(O)C2)CC1O. The lowest BCUT2D eigenvalue weighted by Gasteiger charge is -2.37. The molecule has 0 amide bonds. The van der Waals surface area contributed by atoms with Gasteiger partial charge in [0, 0.05) is 13.8 Å². The Kier molecular flexibility index (Phi) is 6.41. The second kappa shape index (κ2) is 8.11. The first-order valence-electron chi connectivity index (χ1n) is 8.55. The van der Waals surface area contributed by atoms with Crippen molar-refractivity contribution in [2.75, 3.05) is 0 Å². The molecule has 0 aromatic rings. The summed E-state index contributed by atoms with van der Waals surface area (Å²) in [7, 11) is 0. The summed E-state index contributed by atoms with van der Waals surface area (Å²) in [5, 5.41) is 20.3. The van der Waals surface area contributed by atoms with Gasteiger partial charge in [-0.05, 0) is 56.8 Å². The van der Waals surface area contributed by atoms with Gasteiger partial charge in [0.05, 0.1) is 12.2 Å². The molecule has 6 nitrogen and oxygen atoms in total. The number of ether oxygens (including phenoxy) is 2. The summed E-state index contributed by atoms with van der Waals surface area (Å²) in [6, 6.07) is 0. The van der Waals surface area contributed by atoms with E-state index < -0.39 is 12.2 Å². The van der Waals surface area contributed by atoms with Gasteiger partial charge in [0.25, 0.3) is 0 Å². The highest BCUT2D eigenvalue weighted by Crippen LogP contribution is 2.37. The number of rotatable bonds is 4. The van der Waals surface area contributed by atoms with Crippen LogP contribution >= 0.6 is 0 Å². The lowest BCUT2D eigenvalue weighted by molar-refractivity contribution is -0.157. The first-order chi connectivity index (χ1) is 10.8. The number of esters is 2. The average Bonchev–Trinajstić information content (AvgIpc) is 2.44. The van der Waals surface area contributed by atoms with Crippen LogP contribution in [0.25, 0.3) is 0 Å². The monoisotopic (exact) mass is 328 g/mol. The van der Waals surface area contributed by atoms with Gasteiger partial charge in [-0.3, -0.25) is 9.59 Å². The molecule has 0 aromatic carbocycles. The van der Waals surface area contributed by atoms with Gasteiger partial charge >= 0.3 is 11.9 Å². The van der Waals surface area contributed by atoms with E-state index in [1.165, 1.54) is 13.8 Å². The molecule has 2 saturated carbocycles. The highest BCUT2D eigenvalue weighted by molar-refractivity contribution is 5.66. The largest absolute Gasteiger partial charge is 0.460 e. The molecule has 2 N–H and O–H groups in total. The minimum Gasteiger partial charge on any atom is -0.460 e. The molecule has 6 atom stereocenters. The molecule has 132 valence electrons. The Morgan fingerprint density at radius 3 is 1.52 bits per heavy atom. The predicted molar refractivity (Wildman–Crippen MR) is 82.4 cm³/mol. The highest BCUT2D eigenvalue weighted by atomic mass is 16.6. The van der Waals surface area contributed by atoms with Gasteiger partial charge in [-0.25, -0.2) is 0 Å². The molecule has 6 unspecified atom stereocenters. The molecule has 23 heavy (non-hydrogen) atoms. The molecule has 2 fully saturated rings. The van der Waals surface area contributed by atoms with E-state index in [0.717, 1.165) is 19.3 Å². The van der Waals surface area contributed by atoms with Gasteiger partial charge < -0.3 is 19.7 Å². The molecular weight excluding hydrogens is 300 g/mol. The average molecular weight is 328 g/mol. The second-order valence-corrected chi connectivity index (χ2v) is 7.02. The van der Waals surface area contributed by atoms with Crippen molar-refractivity contribution >= 4 is 11.9 Å². The van der Waals surface area contributed by atoms with Gasteiger partial charge in [-0.1, -0.05) is 0 Å². The van der Waals surface area contributed by atoms with Crippen LogP contribution in [-0.4, -0.2) is 46.6 Å². The van der Waals surface area contributed by atoms with Gasteiger partial charge in [0.1, 0.15) is 12.2 Å². The Morgan fingerprint density at radius 1 is 0.826 bits per heavy atom. The second-order valence-electron chi connectivity index (χ2n) is 7.02. The Hall–Kier alpha value is -1.14. The molecule has 0 bridgehead atoms. The van der Waals surface area contributed by atoms with E-state index >= 15 is 0 Å². The van der Waals surface area contributed by atoms with Gasteiger partial charge in [-0.2, -0.15) is 0 Å². The van der Waals surface area contributed by atoms with Crippen LogP contribution in [0.1, 0.15) is 58.8 Å². The van der Waals surface area contributed by atoms with Crippen LogP contribution in [0.15, 0.2) is 0 Å². The third-order valence-electron chi connectivity index (χ3n) is 5.03. The smallest absolute Gasteiger partial charge is 0.302 e. The maximum absolute atomic E-state index is 11.0. The molecule has 2 aliphatic carbocycles. The fourth-order valence-electron chi connectivity index (χ4n) is 4.01. The quantitative estimate of drug-likeness (QED) is 0.761. The number of carbonyl (C=O) groups is 2. The molecule has 2 rings (SSSR count). The van der Waals surface area contributed by atoms with Crippen molar-refractivity contribution in [1.82, 2.24) is 0 Å². The maximum atomic E-state index is 11.0. The summed E-state index contributed by atoms with van der Waals surface area (Å²) in [4.78, 5) is 22.0. The standard InChI is InChI=1S/C17H28O6/c1-10(18)22-16-5-3-12(8-14(16)20)7-13-4-6-17(15(21)9-13)23-11(2)19/h12-17,20-21H,3-9H2,1-2H3. The first kappa shape index (κ1) is 18.2. The Balaban J connectivity index is 1.76. The predicted octanol–water partition coefficient (Wildman–Crippen LogP) is 1.56. The van der Waals surface area contributed by atoms with Crippen LogP contribution < -0.4 is 0 Å². The van der Waals surface area contributed by atoms with Crippen molar-refractivity contribution in [2.24, 2.45) is 11.8 Å². The van der Waals surface area contributed by atoms with Crippen LogP contribution in [0.4, 0.5) is 0 Å². The van der Waals surface area contributed by atoms with Crippen molar-refractivity contribution in [3.8, 4) is 0 Å². The van der Waals surface area contributed by atoms with E-state index in [-0.39, 0.29) is 24.1 Å². The lowest BCUT2D eigenvalue weighted by Crippen LogP contribution is -2.39. The third-order valence-corrected chi connectivity index (χ3v) is 5.03. The van der Waals surface area contributed by atoms with E-state index in [9.17, 15) is 19.8 Å². The van der Waals surface area contributed by atoms with E-state index in [0.29, 0.717) is 37.5 Å². The molecule has 0 heterocycles. The highest BCUT2D eigenvalue weighted by Gasteiger charge is 2.35. The number of aliphatic hydroxyl groups is 2. The van der Waals surface area contributed by atoms with Crippen LogP contribution in [0.2, 0.25) is 0 Å². The first-order valence-corrected chi connectivity index (χ1v) is 8.55. The van der Waals surface area contributed by atoms with Crippen LogP contribution in [-0.2, 0) is 19.1 Å². The number of carbonyl (C=O) groups excluding carboxylic acids is 2.